The number of benzene rings is 1. The molecule has 1 heterocycles. The quantitative estimate of drug-likeness (QED) is 0.832. The van der Waals surface area contributed by atoms with E-state index in [2.05, 4.69) is 0 Å². The van der Waals surface area contributed by atoms with Gasteiger partial charge < -0.3 is 9.11 Å². The van der Waals surface area contributed by atoms with E-state index in [1.807, 2.05) is 6.07 Å². The van der Waals surface area contributed by atoms with Crippen molar-refractivity contribution in [3.8, 4) is 0 Å². The first-order valence-corrected chi connectivity index (χ1v) is 7.89. The topological polar surface area (TPSA) is 74.6 Å². The molecule has 0 saturated heterocycles. The van der Waals surface area contributed by atoms with Crippen molar-refractivity contribution in [2.75, 3.05) is 5.75 Å². The normalized spacial score (nSPS) is 27.5. The van der Waals surface area contributed by atoms with Crippen LogP contribution in [0.3, 0.4) is 0 Å². The Morgan fingerprint density at radius 3 is 2.29 bits per heavy atom. The van der Waals surface area contributed by atoms with E-state index in [9.17, 15) is 13.0 Å². The van der Waals surface area contributed by atoms with Gasteiger partial charge in [0.1, 0.15) is 4.75 Å². The highest BCUT2D eigenvalue weighted by molar-refractivity contribution is 8.15. The molecular formula is C10H10O4S3. The molecule has 0 radical (unpaired) electrons. The Labute approximate surface area is 108 Å². The monoisotopic (exact) mass is 290 g/mol. The summed E-state index contributed by atoms with van der Waals surface area (Å²) in [6.45, 7) is 0. The molecule has 17 heavy (non-hydrogen) atoms. The standard InChI is InChI=1S/C10H10O4S3/c11-16(12)9-6-10(7-15-9,17(13)14)8-4-2-1-3-5-8/h1-6H,7H2,(H,11,12)(H,13,14). The predicted molar refractivity (Wildman–Crippen MR) is 70.2 cm³/mol. The summed E-state index contributed by atoms with van der Waals surface area (Å²) in [7, 11) is 0. The highest BCUT2D eigenvalue weighted by atomic mass is 32.2. The van der Waals surface area contributed by atoms with E-state index in [1.165, 1.54) is 6.08 Å². The maximum absolute atomic E-state index is 11.6. The van der Waals surface area contributed by atoms with Crippen LogP contribution in [0.2, 0.25) is 0 Å². The summed E-state index contributed by atoms with van der Waals surface area (Å²) in [6.07, 6.45) is 1.43. The first kappa shape index (κ1) is 13.0. The van der Waals surface area contributed by atoms with Gasteiger partial charge in [0.05, 0.1) is 4.24 Å². The Bertz CT molecular complexity index is 500. The average molecular weight is 290 g/mol. The van der Waals surface area contributed by atoms with Gasteiger partial charge in [-0.25, -0.2) is 8.42 Å². The number of hydrogen-bond donors (Lipinski definition) is 2. The van der Waals surface area contributed by atoms with E-state index < -0.39 is 26.9 Å². The van der Waals surface area contributed by atoms with E-state index >= 15 is 0 Å². The fraction of sp³-hybridized carbons (Fsp3) is 0.200. The summed E-state index contributed by atoms with van der Waals surface area (Å²) >= 11 is -3.09. The largest absolute Gasteiger partial charge is 0.305 e. The summed E-state index contributed by atoms with van der Waals surface area (Å²) in [4.78, 5) is 0. The van der Waals surface area contributed by atoms with Gasteiger partial charge >= 0.3 is 0 Å². The van der Waals surface area contributed by atoms with Crippen LogP contribution in [0.4, 0.5) is 0 Å². The average Bonchev–Trinajstić information content (AvgIpc) is 2.76. The zero-order valence-electron chi connectivity index (χ0n) is 8.61. The molecule has 0 amide bonds. The molecule has 0 aromatic heterocycles. The third-order valence-electron chi connectivity index (χ3n) is 2.53. The van der Waals surface area contributed by atoms with Gasteiger partial charge in [-0.1, -0.05) is 30.3 Å². The van der Waals surface area contributed by atoms with Gasteiger partial charge in [0.2, 0.25) is 0 Å². The molecule has 0 spiro atoms. The van der Waals surface area contributed by atoms with Gasteiger partial charge in [0, 0.05) is 5.75 Å². The zero-order valence-corrected chi connectivity index (χ0v) is 11.1. The first-order valence-electron chi connectivity index (χ1n) is 4.69. The molecule has 0 fully saturated rings. The third-order valence-corrected chi connectivity index (χ3v) is 6.08. The maximum Gasteiger partial charge on any atom is 0.192 e. The Balaban J connectivity index is 2.51. The lowest BCUT2D eigenvalue weighted by atomic mass is 10.0. The van der Waals surface area contributed by atoms with Crippen LogP contribution in [0, 0.1) is 0 Å². The highest BCUT2D eigenvalue weighted by Crippen LogP contribution is 2.43. The molecule has 92 valence electrons. The van der Waals surface area contributed by atoms with Gasteiger partial charge in [-0.05, 0) is 11.6 Å². The van der Waals surface area contributed by atoms with Crippen LogP contribution in [0.15, 0.2) is 40.6 Å². The molecular weight excluding hydrogens is 280 g/mol. The fourth-order valence-corrected chi connectivity index (χ4v) is 4.70. The summed E-state index contributed by atoms with van der Waals surface area (Å²) in [5.41, 5.74) is 0.675. The summed E-state index contributed by atoms with van der Waals surface area (Å²) < 4.78 is 40.2. The molecule has 2 N–H and O–H groups in total. The summed E-state index contributed by atoms with van der Waals surface area (Å²) in [6, 6.07) is 8.85. The minimum atomic E-state index is -2.13. The Kier molecular flexibility index (Phi) is 3.84. The van der Waals surface area contributed by atoms with Crippen molar-refractivity contribution in [3.05, 3.63) is 46.2 Å². The van der Waals surface area contributed by atoms with Crippen LogP contribution in [-0.2, 0) is 26.9 Å². The molecule has 0 aliphatic carbocycles. The van der Waals surface area contributed by atoms with Gasteiger partial charge in [0.15, 0.2) is 22.2 Å². The first-order chi connectivity index (χ1) is 8.06. The predicted octanol–water partition coefficient (Wildman–Crippen LogP) is 1.91. The van der Waals surface area contributed by atoms with Gasteiger partial charge in [-0.2, -0.15) is 0 Å². The Hall–Kier alpha value is -0.470. The molecule has 1 aliphatic rings. The summed E-state index contributed by atoms with van der Waals surface area (Å²) in [5.74, 6) is 0.293. The lowest BCUT2D eigenvalue weighted by Gasteiger charge is -2.22. The van der Waals surface area contributed by atoms with Crippen molar-refractivity contribution >= 4 is 33.9 Å². The van der Waals surface area contributed by atoms with E-state index in [-0.39, 0.29) is 4.24 Å². The molecule has 1 aromatic carbocycles. The number of thioether (sulfide) groups is 1. The van der Waals surface area contributed by atoms with Crippen molar-refractivity contribution < 1.29 is 17.5 Å². The van der Waals surface area contributed by atoms with E-state index in [1.54, 1.807) is 24.3 Å². The molecule has 2 rings (SSSR count). The second kappa shape index (κ2) is 5.03. The Morgan fingerprint density at radius 1 is 1.18 bits per heavy atom. The van der Waals surface area contributed by atoms with E-state index in [4.69, 9.17) is 4.55 Å². The SMILES string of the molecule is O=S(O)C1=CC(c2ccccc2)(S(=O)O)CS1. The van der Waals surface area contributed by atoms with Gasteiger partial charge in [-0.15, -0.1) is 11.8 Å². The second-order valence-electron chi connectivity index (χ2n) is 3.51. The van der Waals surface area contributed by atoms with E-state index in [0.29, 0.717) is 11.3 Å². The van der Waals surface area contributed by atoms with Crippen LogP contribution in [0.25, 0.3) is 0 Å². The lowest BCUT2D eigenvalue weighted by Crippen LogP contribution is -2.29. The lowest BCUT2D eigenvalue weighted by molar-refractivity contribution is 0.538. The van der Waals surface area contributed by atoms with Crippen LogP contribution >= 0.6 is 11.8 Å². The van der Waals surface area contributed by atoms with Crippen molar-refractivity contribution in [2.24, 2.45) is 0 Å². The molecule has 3 atom stereocenters. The van der Waals surface area contributed by atoms with Crippen LogP contribution in [-0.4, -0.2) is 23.3 Å². The van der Waals surface area contributed by atoms with Crippen LogP contribution < -0.4 is 0 Å². The second-order valence-corrected chi connectivity index (χ2v) is 6.95. The summed E-state index contributed by atoms with van der Waals surface area (Å²) in [5, 5.41) is 0. The smallest absolute Gasteiger partial charge is 0.192 e. The molecule has 0 saturated carbocycles. The molecule has 4 nitrogen and oxygen atoms in total. The molecule has 1 aliphatic heterocycles. The van der Waals surface area contributed by atoms with Crippen molar-refractivity contribution in [2.45, 2.75) is 4.75 Å². The maximum atomic E-state index is 11.6. The highest BCUT2D eigenvalue weighted by Gasteiger charge is 2.42. The van der Waals surface area contributed by atoms with Crippen molar-refractivity contribution in [1.82, 2.24) is 0 Å². The Morgan fingerprint density at radius 2 is 1.82 bits per heavy atom. The fourth-order valence-electron chi connectivity index (χ4n) is 1.64. The minimum absolute atomic E-state index is 0.233. The molecule has 1 aromatic rings. The van der Waals surface area contributed by atoms with Gasteiger partial charge in [0.25, 0.3) is 0 Å². The number of hydrogen-bond acceptors (Lipinski definition) is 3. The van der Waals surface area contributed by atoms with Crippen LogP contribution in [0.1, 0.15) is 5.56 Å². The van der Waals surface area contributed by atoms with E-state index in [0.717, 1.165) is 11.8 Å². The van der Waals surface area contributed by atoms with Crippen molar-refractivity contribution in [1.29, 1.82) is 0 Å². The third kappa shape index (κ3) is 2.38. The number of rotatable bonds is 3. The molecule has 0 bridgehead atoms. The molecule has 3 unspecified atom stereocenters. The van der Waals surface area contributed by atoms with Gasteiger partial charge in [-0.3, -0.25) is 0 Å². The van der Waals surface area contributed by atoms with Crippen molar-refractivity contribution in [3.63, 3.8) is 0 Å². The zero-order chi connectivity index (χ0) is 12.5. The minimum Gasteiger partial charge on any atom is -0.305 e. The molecule has 7 heteroatoms. The van der Waals surface area contributed by atoms with Crippen LogP contribution in [0.5, 0.6) is 0 Å².